The second kappa shape index (κ2) is 6.61. The summed E-state index contributed by atoms with van der Waals surface area (Å²) in [6.07, 6.45) is -6.54. The molecule has 0 saturated carbocycles. The standard InChI is InChI=1S/C5H7F3O4.Na.H/c6-5(7,8)4(11)12-2-3(10)1-9;;/h3,9-10H,1-2H2;;/q;+1;-1. The number of esters is 1. The fraction of sp³-hybridized carbons (Fsp3) is 0.800. The van der Waals surface area contributed by atoms with Crippen LogP contribution in [-0.2, 0) is 9.53 Å². The largest absolute Gasteiger partial charge is 1.00 e. The van der Waals surface area contributed by atoms with Gasteiger partial charge in [0.2, 0.25) is 0 Å². The van der Waals surface area contributed by atoms with Gasteiger partial charge in [-0.2, -0.15) is 13.2 Å². The molecular formula is C5H8F3NaO4. The van der Waals surface area contributed by atoms with E-state index in [2.05, 4.69) is 4.74 Å². The number of aliphatic hydroxyl groups excluding tert-OH is 2. The molecule has 0 aromatic carbocycles. The SMILES string of the molecule is O=C(OCC(O)CO)C(F)(F)F.[H-].[Na+]. The maximum atomic E-state index is 11.4. The molecule has 1 atom stereocenters. The predicted molar refractivity (Wildman–Crippen MR) is 31.2 cm³/mol. The number of hydrogen-bond acceptors (Lipinski definition) is 4. The Hall–Kier alpha value is 0.180. The maximum Gasteiger partial charge on any atom is 1.00 e. The zero-order valence-electron chi connectivity index (χ0n) is 7.84. The van der Waals surface area contributed by atoms with Crippen molar-refractivity contribution in [2.24, 2.45) is 0 Å². The van der Waals surface area contributed by atoms with Crippen molar-refractivity contribution in [3.63, 3.8) is 0 Å². The van der Waals surface area contributed by atoms with Gasteiger partial charge in [0.25, 0.3) is 0 Å². The van der Waals surface area contributed by atoms with Crippen LogP contribution in [0.3, 0.4) is 0 Å². The van der Waals surface area contributed by atoms with Crippen LogP contribution < -0.4 is 29.6 Å². The van der Waals surface area contributed by atoms with E-state index in [-0.39, 0.29) is 31.0 Å². The molecule has 0 rings (SSSR count). The number of rotatable bonds is 3. The summed E-state index contributed by atoms with van der Waals surface area (Å²) >= 11 is 0. The molecule has 0 aliphatic heterocycles. The van der Waals surface area contributed by atoms with E-state index in [1.54, 1.807) is 0 Å². The van der Waals surface area contributed by atoms with E-state index in [0.29, 0.717) is 0 Å². The van der Waals surface area contributed by atoms with Crippen molar-refractivity contribution in [1.82, 2.24) is 0 Å². The summed E-state index contributed by atoms with van der Waals surface area (Å²) in [5.41, 5.74) is 0. The Morgan fingerprint density at radius 1 is 1.54 bits per heavy atom. The van der Waals surface area contributed by atoms with Crippen LogP contribution in [0.25, 0.3) is 0 Å². The van der Waals surface area contributed by atoms with Crippen LogP contribution >= 0.6 is 0 Å². The van der Waals surface area contributed by atoms with Gasteiger partial charge in [-0.15, -0.1) is 0 Å². The van der Waals surface area contributed by atoms with Gasteiger partial charge in [-0.25, -0.2) is 4.79 Å². The van der Waals surface area contributed by atoms with E-state index in [1.165, 1.54) is 0 Å². The summed E-state index contributed by atoms with van der Waals surface area (Å²) in [7, 11) is 0. The molecule has 0 aliphatic carbocycles. The molecule has 1 unspecified atom stereocenters. The summed E-state index contributed by atoms with van der Waals surface area (Å²) in [6, 6.07) is 0. The predicted octanol–water partition coefficient (Wildman–Crippen LogP) is -3.44. The normalized spacial score (nSPS) is 13.0. The smallest absolute Gasteiger partial charge is 1.00 e. The van der Waals surface area contributed by atoms with E-state index < -0.39 is 31.5 Å². The van der Waals surface area contributed by atoms with E-state index in [4.69, 9.17) is 10.2 Å². The molecule has 0 bridgehead atoms. The molecule has 74 valence electrons. The van der Waals surface area contributed by atoms with Crippen molar-refractivity contribution in [3.8, 4) is 0 Å². The first-order valence-corrected chi connectivity index (χ1v) is 2.90. The molecule has 0 heterocycles. The third kappa shape index (κ3) is 7.27. The molecule has 0 saturated heterocycles. The minimum Gasteiger partial charge on any atom is -1.00 e. The number of ether oxygens (including phenoxy) is 1. The average Bonchev–Trinajstić information content (AvgIpc) is 1.97. The molecule has 0 fully saturated rings. The van der Waals surface area contributed by atoms with Gasteiger partial charge in [0.05, 0.1) is 6.61 Å². The van der Waals surface area contributed by atoms with Gasteiger partial charge < -0.3 is 16.4 Å². The van der Waals surface area contributed by atoms with Gasteiger partial charge in [-0.05, 0) is 0 Å². The van der Waals surface area contributed by atoms with Gasteiger partial charge in [-0.3, -0.25) is 0 Å². The number of hydrogen-bond donors (Lipinski definition) is 2. The zero-order chi connectivity index (χ0) is 9.78. The minimum absolute atomic E-state index is 0. The van der Waals surface area contributed by atoms with Crippen molar-refractivity contribution in [1.29, 1.82) is 0 Å². The van der Waals surface area contributed by atoms with Crippen molar-refractivity contribution in [3.05, 3.63) is 0 Å². The first-order chi connectivity index (χ1) is 5.38. The Morgan fingerprint density at radius 2 is 2.00 bits per heavy atom. The molecule has 0 aliphatic rings. The molecule has 0 aromatic rings. The number of alkyl halides is 3. The van der Waals surface area contributed by atoms with Crippen LogP contribution in [0.2, 0.25) is 0 Å². The van der Waals surface area contributed by atoms with E-state index in [0.717, 1.165) is 0 Å². The average molecular weight is 212 g/mol. The monoisotopic (exact) mass is 212 g/mol. The molecule has 0 aromatic heterocycles. The molecule has 2 N–H and O–H groups in total. The Morgan fingerprint density at radius 3 is 2.31 bits per heavy atom. The Balaban J connectivity index is -0.000000605. The van der Waals surface area contributed by atoms with Gasteiger partial charge in [0.15, 0.2) is 0 Å². The van der Waals surface area contributed by atoms with Crippen LogP contribution in [0.5, 0.6) is 0 Å². The maximum absolute atomic E-state index is 11.4. The molecule has 13 heavy (non-hydrogen) atoms. The first-order valence-electron chi connectivity index (χ1n) is 2.90. The summed E-state index contributed by atoms with van der Waals surface area (Å²) in [5, 5.41) is 16.6. The van der Waals surface area contributed by atoms with Gasteiger partial charge in [0.1, 0.15) is 12.7 Å². The first kappa shape index (κ1) is 15.6. The summed E-state index contributed by atoms with van der Waals surface area (Å²) in [5.74, 6) is -2.38. The van der Waals surface area contributed by atoms with Crippen molar-refractivity contribution < 1.29 is 63.9 Å². The second-order valence-corrected chi connectivity index (χ2v) is 1.93. The summed E-state index contributed by atoms with van der Waals surface area (Å²) in [4.78, 5) is 9.94. The van der Waals surface area contributed by atoms with Gasteiger partial charge in [0, 0.05) is 0 Å². The van der Waals surface area contributed by atoms with Crippen LogP contribution in [0, 0.1) is 0 Å². The molecule has 8 heteroatoms. The number of aliphatic hydroxyl groups is 2. The fourth-order valence-electron chi connectivity index (χ4n) is 0.306. The molecule has 0 radical (unpaired) electrons. The molecule has 0 amide bonds. The van der Waals surface area contributed by atoms with Crippen LogP contribution in [-0.4, -0.2) is 41.7 Å². The van der Waals surface area contributed by atoms with Crippen LogP contribution in [0.15, 0.2) is 0 Å². The van der Waals surface area contributed by atoms with Gasteiger partial charge >= 0.3 is 41.7 Å². The summed E-state index contributed by atoms with van der Waals surface area (Å²) in [6.45, 7) is -1.63. The molecule has 4 nitrogen and oxygen atoms in total. The molecular weight excluding hydrogens is 204 g/mol. The summed E-state index contributed by atoms with van der Waals surface area (Å²) < 4.78 is 37.7. The number of carbonyl (C=O) groups is 1. The van der Waals surface area contributed by atoms with Crippen molar-refractivity contribution in [2.45, 2.75) is 12.3 Å². The Kier molecular flexibility index (Phi) is 7.95. The zero-order valence-corrected chi connectivity index (χ0v) is 8.84. The Labute approximate surface area is 95.5 Å². The van der Waals surface area contributed by atoms with E-state index >= 15 is 0 Å². The third-order valence-electron chi connectivity index (χ3n) is 0.849. The van der Waals surface area contributed by atoms with E-state index in [9.17, 15) is 18.0 Å². The molecule has 0 spiro atoms. The van der Waals surface area contributed by atoms with Gasteiger partial charge in [-0.1, -0.05) is 0 Å². The quantitative estimate of drug-likeness (QED) is 0.377. The van der Waals surface area contributed by atoms with Crippen molar-refractivity contribution >= 4 is 5.97 Å². The topological polar surface area (TPSA) is 66.8 Å². The Bertz CT molecular complexity index is 166. The van der Waals surface area contributed by atoms with Crippen LogP contribution in [0.1, 0.15) is 1.43 Å². The van der Waals surface area contributed by atoms with E-state index in [1.807, 2.05) is 0 Å². The van der Waals surface area contributed by atoms with Crippen LogP contribution in [0.4, 0.5) is 13.2 Å². The fourth-order valence-corrected chi connectivity index (χ4v) is 0.306. The van der Waals surface area contributed by atoms with Crippen molar-refractivity contribution in [2.75, 3.05) is 13.2 Å². The number of carbonyl (C=O) groups excluding carboxylic acids is 1. The minimum atomic E-state index is -5.06. The second-order valence-electron chi connectivity index (χ2n) is 1.93. The third-order valence-corrected chi connectivity index (χ3v) is 0.849. The number of halogens is 3.